The summed E-state index contributed by atoms with van der Waals surface area (Å²) in [5.41, 5.74) is 5.45. The van der Waals surface area contributed by atoms with Gasteiger partial charge in [0.25, 0.3) is 0 Å². The highest BCUT2D eigenvalue weighted by Crippen LogP contribution is 2.30. The van der Waals surface area contributed by atoms with Crippen molar-refractivity contribution in [3.05, 3.63) is 120 Å². The fraction of sp³-hybridized carbons (Fsp3) is 0.552. The van der Waals surface area contributed by atoms with E-state index < -0.39 is 35.0 Å². The van der Waals surface area contributed by atoms with Crippen molar-refractivity contribution in [3.63, 3.8) is 0 Å². The third kappa shape index (κ3) is 19.1. The number of amides is 6. The number of hydrogen-bond donors (Lipinski definition) is 4. The number of carbonyl (C=O) groups is 6. The molecule has 6 atom stereocenters. The Balaban J connectivity index is 0.0000120. The first-order chi connectivity index (χ1) is 38.2. The molecule has 2 fully saturated rings. The maximum atomic E-state index is 14.4. The number of likely N-dealkylation sites (N-methyl/N-ethyl adjacent to an activating group) is 2. The molecular formula is C67H98N8O6. The SMILES string of the molecule is C.CN[C@@H](C)C(=O)N[C@H](C(=O)N1CCC[C@H]1CN(Cc1ccc(-c2ccccc2)cc1)C(=O)CCCCCCCCC(=O)N(Cc1ccc(-c2ccccc2)cc1)C[C@@H]1CCCN1C(=O)[C@@H](NC(=O)[C@H](C)NC)C(C)(C)C)C(C)(C)C. The van der Waals surface area contributed by atoms with Gasteiger partial charge in [0.05, 0.1) is 12.1 Å². The summed E-state index contributed by atoms with van der Waals surface area (Å²) >= 11 is 0. The monoisotopic (exact) mass is 1110 g/mol. The van der Waals surface area contributed by atoms with Crippen molar-refractivity contribution >= 4 is 35.4 Å². The Bertz CT molecular complexity index is 2430. The quantitative estimate of drug-likeness (QED) is 0.0429. The molecule has 442 valence electrons. The van der Waals surface area contributed by atoms with Gasteiger partial charge in [-0.05, 0) is 111 Å². The molecule has 2 saturated heterocycles. The Morgan fingerprint density at radius 1 is 0.494 bits per heavy atom. The number of nitrogens with one attached hydrogen (secondary N) is 4. The normalized spacial score (nSPS) is 16.9. The molecule has 0 saturated carbocycles. The van der Waals surface area contributed by atoms with Crippen LogP contribution in [0.3, 0.4) is 0 Å². The topological polar surface area (TPSA) is 163 Å². The first-order valence-electron chi connectivity index (χ1n) is 29.6. The lowest BCUT2D eigenvalue weighted by atomic mass is 9.85. The van der Waals surface area contributed by atoms with Crippen molar-refractivity contribution in [3.8, 4) is 22.3 Å². The van der Waals surface area contributed by atoms with Crippen LogP contribution in [0.2, 0.25) is 0 Å². The summed E-state index contributed by atoms with van der Waals surface area (Å²) in [6.07, 6.45) is 9.09. The molecule has 14 heteroatoms. The molecule has 2 aliphatic rings. The van der Waals surface area contributed by atoms with Gasteiger partial charge in [-0.2, -0.15) is 0 Å². The first kappa shape index (κ1) is 65.4. The molecule has 0 radical (unpaired) electrons. The van der Waals surface area contributed by atoms with Crippen molar-refractivity contribution in [2.24, 2.45) is 10.8 Å². The number of hydrogen-bond acceptors (Lipinski definition) is 8. The highest BCUT2D eigenvalue weighted by atomic mass is 16.2. The molecule has 0 unspecified atom stereocenters. The van der Waals surface area contributed by atoms with Crippen molar-refractivity contribution in [1.29, 1.82) is 0 Å². The molecule has 6 rings (SSSR count). The van der Waals surface area contributed by atoms with Gasteiger partial charge in [0, 0.05) is 64.2 Å². The largest absolute Gasteiger partial charge is 0.342 e. The zero-order valence-corrected chi connectivity index (χ0v) is 49.8. The summed E-state index contributed by atoms with van der Waals surface area (Å²) in [4.78, 5) is 91.3. The van der Waals surface area contributed by atoms with Gasteiger partial charge in [0.2, 0.25) is 35.4 Å². The molecule has 2 heterocycles. The molecule has 0 aromatic heterocycles. The van der Waals surface area contributed by atoms with Gasteiger partial charge in [-0.15, -0.1) is 0 Å². The maximum absolute atomic E-state index is 14.4. The minimum Gasteiger partial charge on any atom is -0.342 e. The average molecular weight is 1110 g/mol. The number of carbonyl (C=O) groups excluding carboxylic acids is 6. The van der Waals surface area contributed by atoms with E-state index in [1.807, 2.05) is 97.5 Å². The number of benzene rings is 4. The molecule has 0 aliphatic carbocycles. The van der Waals surface area contributed by atoms with E-state index in [2.05, 4.69) is 94.1 Å². The van der Waals surface area contributed by atoms with Crippen LogP contribution < -0.4 is 21.3 Å². The predicted octanol–water partition coefficient (Wildman–Crippen LogP) is 10.4. The zero-order valence-electron chi connectivity index (χ0n) is 49.8. The van der Waals surface area contributed by atoms with Crippen molar-refractivity contribution < 1.29 is 28.8 Å². The molecule has 4 N–H and O–H groups in total. The molecule has 4 aromatic carbocycles. The summed E-state index contributed by atoms with van der Waals surface area (Å²) in [5, 5.41) is 12.0. The second-order valence-electron chi connectivity index (χ2n) is 24.6. The fourth-order valence-electron chi connectivity index (χ4n) is 11.0. The van der Waals surface area contributed by atoms with E-state index in [0.717, 1.165) is 97.6 Å². The van der Waals surface area contributed by atoms with Crippen LogP contribution >= 0.6 is 0 Å². The molecule has 81 heavy (non-hydrogen) atoms. The van der Waals surface area contributed by atoms with Crippen LogP contribution in [0.15, 0.2) is 109 Å². The molecule has 4 aromatic rings. The average Bonchev–Trinajstić information content (AvgIpc) is 4.18. The first-order valence-corrected chi connectivity index (χ1v) is 29.6. The van der Waals surface area contributed by atoms with E-state index in [9.17, 15) is 28.8 Å². The third-order valence-corrected chi connectivity index (χ3v) is 16.2. The predicted molar refractivity (Wildman–Crippen MR) is 328 cm³/mol. The minimum absolute atomic E-state index is 0. The van der Waals surface area contributed by atoms with Crippen LogP contribution in [0.1, 0.15) is 151 Å². The van der Waals surface area contributed by atoms with Crippen molar-refractivity contribution in [2.75, 3.05) is 40.3 Å². The van der Waals surface area contributed by atoms with E-state index in [1.165, 1.54) is 0 Å². The Morgan fingerprint density at radius 2 is 0.815 bits per heavy atom. The van der Waals surface area contributed by atoms with Gasteiger partial charge in [0.1, 0.15) is 12.1 Å². The molecule has 0 spiro atoms. The Kier molecular flexibility index (Phi) is 25.2. The Labute approximate surface area is 485 Å². The van der Waals surface area contributed by atoms with Crippen LogP contribution in [0.25, 0.3) is 22.3 Å². The van der Waals surface area contributed by atoms with E-state index in [1.54, 1.807) is 27.9 Å². The molecule has 14 nitrogen and oxygen atoms in total. The molecular weight excluding hydrogens is 1010 g/mol. The lowest BCUT2D eigenvalue weighted by Crippen LogP contribution is -2.59. The Morgan fingerprint density at radius 3 is 1.14 bits per heavy atom. The van der Waals surface area contributed by atoms with Crippen molar-refractivity contribution in [1.82, 2.24) is 40.9 Å². The molecule has 2 aliphatic heterocycles. The molecule has 6 amide bonds. The van der Waals surface area contributed by atoms with Crippen molar-refractivity contribution in [2.45, 2.75) is 189 Å². The summed E-state index contributed by atoms with van der Waals surface area (Å²) < 4.78 is 0. The van der Waals surface area contributed by atoms with Gasteiger partial charge >= 0.3 is 0 Å². The van der Waals surface area contributed by atoms with Gasteiger partial charge < -0.3 is 40.9 Å². The summed E-state index contributed by atoms with van der Waals surface area (Å²) in [7, 11) is 3.45. The van der Waals surface area contributed by atoms with Gasteiger partial charge in [-0.25, -0.2) is 0 Å². The van der Waals surface area contributed by atoms with Crippen LogP contribution in [-0.2, 0) is 41.9 Å². The van der Waals surface area contributed by atoms with Crippen LogP contribution in [0, 0.1) is 10.8 Å². The lowest BCUT2D eigenvalue weighted by Gasteiger charge is -2.37. The number of likely N-dealkylation sites (tertiary alicyclic amines) is 2. The lowest BCUT2D eigenvalue weighted by molar-refractivity contribution is -0.142. The fourth-order valence-corrected chi connectivity index (χ4v) is 11.0. The van der Waals surface area contributed by atoms with E-state index in [4.69, 9.17) is 0 Å². The van der Waals surface area contributed by atoms with Crippen LogP contribution in [-0.4, -0.2) is 132 Å². The second kappa shape index (κ2) is 31.2. The van der Waals surface area contributed by atoms with Gasteiger partial charge in [-0.1, -0.05) is 184 Å². The van der Waals surface area contributed by atoms with Crippen LogP contribution in [0.5, 0.6) is 0 Å². The van der Waals surface area contributed by atoms with E-state index >= 15 is 0 Å². The standard InChI is InChI=1S/C66H94N8O6.CH4/c1-47(67-9)61(77)69-59(65(3,4)5)63(79)73-41-23-29-55(73)45-71(43-49-33-37-53(38-34-49)51-25-17-15-18-26-51)57(75)31-21-13-11-12-14-22-32-58(76)72(44-50-35-39-54(40-36-50)52-27-19-16-20-28-52)46-56-30-24-42-74(56)64(80)60(66(6,7)8)70-62(78)48(2)68-10;/h15-20,25-28,33-40,47-48,55-56,59-60,67-68H,11-14,21-24,29-32,41-46H2,1-10H3,(H,69,77)(H,70,78);1H4/t47-,48-,55-,56-,59+,60+;/m0./s1. The third-order valence-electron chi connectivity index (χ3n) is 16.2. The highest BCUT2D eigenvalue weighted by Gasteiger charge is 2.42. The maximum Gasteiger partial charge on any atom is 0.246 e. The zero-order chi connectivity index (χ0) is 58.0. The van der Waals surface area contributed by atoms with Gasteiger partial charge in [0.15, 0.2) is 0 Å². The smallest absolute Gasteiger partial charge is 0.246 e. The van der Waals surface area contributed by atoms with Crippen LogP contribution in [0.4, 0.5) is 0 Å². The van der Waals surface area contributed by atoms with E-state index in [-0.39, 0.29) is 55.0 Å². The summed E-state index contributed by atoms with van der Waals surface area (Å²) in [6, 6.07) is 34.5. The summed E-state index contributed by atoms with van der Waals surface area (Å²) in [5.74, 6) is -0.553. The summed E-state index contributed by atoms with van der Waals surface area (Å²) in [6.45, 7) is 18.2. The minimum atomic E-state index is -0.719. The number of unbranched alkanes of at least 4 members (excludes halogenated alkanes) is 5. The van der Waals surface area contributed by atoms with Gasteiger partial charge in [-0.3, -0.25) is 28.8 Å². The second-order valence-corrected chi connectivity index (χ2v) is 24.6. The molecule has 0 bridgehead atoms. The van der Waals surface area contributed by atoms with E-state index in [0.29, 0.717) is 52.1 Å². The highest BCUT2D eigenvalue weighted by molar-refractivity contribution is 5.91. The number of nitrogens with zero attached hydrogens (tertiary/aromatic N) is 4. The Hall–Kier alpha value is -6.38. The number of rotatable bonds is 27.